The summed E-state index contributed by atoms with van der Waals surface area (Å²) >= 11 is 0. The van der Waals surface area contributed by atoms with Crippen molar-refractivity contribution in [2.75, 3.05) is 4.90 Å². The first-order valence-electron chi connectivity index (χ1n) is 21.6. The maximum absolute atomic E-state index is 2.72. The SMILES string of the molecule is Cc1cc(C)cc(-c2ccc(N3c4ccc(-c5cc(C)cc(C)c5)cc4B4c5c(cc(-c6cc(C)cc(C)c6)cc53)-c3cccc5c6ccc7ccccc7c6n4c35)cc2)c1. The highest BCUT2D eigenvalue weighted by atomic mass is 15.2. The minimum absolute atomic E-state index is 0.0642. The van der Waals surface area contributed by atoms with Gasteiger partial charge in [0.1, 0.15) is 0 Å². The molecule has 0 unspecified atom stereocenters. The van der Waals surface area contributed by atoms with E-state index in [0.29, 0.717) is 0 Å². The van der Waals surface area contributed by atoms with Crippen molar-refractivity contribution in [3.8, 4) is 44.5 Å². The molecule has 12 rings (SSSR count). The van der Waals surface area contributed by atoms with Crippen molar-refractivity contribution in [3.63, 3.8) is 0 Å². The van der Waals surface area contributed by atoms with Gasteiger partial charge in [-0.2, -0.15) is 0 Å². The lowest BCUT2D eigenvalue weighted by Crippen LogP contribution is -2.56. The smallest absolute Gasteiger partial charge is 0.333 e. The number of aryl methyl sites for hydroxylation is 6. The van der Waals surface area contributed by atoms with Crippen molar-refractivity contribution in [2.24, 2.45) is 0 Å². The Morgan fingerprint density at radius 3 is 1.59 bits per heavy atom. The van der Waals surface area contributed by atoms with Crippen molar-refractivity contribution < 1.29 is 0 Å². The molecule has 0 amide bonds. The molecule has 3 heterocycles. The van der Waals surface area contributed by atoms with E-state index in [1.807, 2.05) is 0 Å². The van der Waals surface area contributed by atoms with Crippen molar-refractivity contribution in [1.29, 1.82) is 0 Å². The van der Waals surface area contributed by atoms with E-state index in [-0.39, 0.29) is 6.85 Å². The fourth-order valence-electron chi connectivity index (χ4n) is 11.1. The van der Waals surface area contributed by atoms with Crippen LogP contribution in [0.5, 0.6) is 0 Å². The molecule has 0 atom stereocenters. The van der Waals surface area contributed by atoms with Gasteiger partial charge in [0.2, 0.25) is 0 Å². The van der Waals surface area contributed by atoms with E-state index in [0.717, 1.165) is 5.69 Å². The number of aromatic nitrogens is 1. The third kappa shape index (κ3) is 5.50. The Balaban J connectivity index is 1.21. The van der Waals surface area contributed by atoms with E-state index in [1.165, 1.54) is 133 Å². The van der Waals surface area contributed by atoms with Gasteiger partial charge in [-0.1, -0.05) is 167 Å². The number of hydrogen-bond donors (Lipinski definition) is 0. The van der Waals surface area contributed by atoms with Gasteiger partial charge in [-0.15, -0.1) is 0 Å². The fraction of sp³-hybridized carbons (Fsp3) is 0.103. The van der Waals surface area contributed by atoms with Gasteiger partial charge in [0, 0.05) is 49.8 Å². The van der Waals surface area contributed by atoms with Crippen LogP contribution < -0.4 is 15.8 Å². The fourth-order valence-corrected chi connectivity index (χ4v) is 11.1. The van der Waals surface area contributed by atoms with Gasteiger partial charge in [-0.05, 0) is 127 Å². The van der Waals surface area contributed by atoms with Crippen LogP contribution in [0, 0.1) is 41.5 Å². The molecular formula is C58H45BN2. The summed E-state index contributed by atoms with van der Waals surface area (Å²) in [5.41, 5.74) is 26.6. The second-order valence-corrected chi connectivity index (χ2v) is 17.9. The Labute approximate surface area is 358 Å². The maximum Gasteiger partial charge on any atom is 0.333 e. The minimum atomic E-state index is -0.0642. The quantitative estimate of drug-likeness (QED) is 0.162. The summed E-state index contributed by atoms with van der Waals surface area (Å²) < 4.78 is 2.72. The predicted molar refractivity (Wildman–Crippen MR) is 262 cm³/mol. The molecule has 1 aromatic heterocycles. The molecule has 2 nitrogen and oxygen atoms in total. The number of rotatable bonds is 4. The standard InChI is InChI=1S/C58H45BN2/c1-34-22-35(2)26-43(25-34)40-14-18-47(19-15-40)60-54-21-17-42(44-27-36(3)23-37(4)28-44)32-53(54)59-56-52(31-46(33-55(56)60)45-29-38(5)24-39(6)30-45)50-13-9-12-49-51-20-16-41-10-7-8-11-48(41)57(51)61(59)58(49)50/h7-33H,1-6H3. The molecule has 2 aliphatic heterocycles. The summed E-state index contributed by atoms with van der Waals surface area (Å²) in [5, 5.41) is 5.15. The van der Waals surface area contributed by atoms with E-state index >= 15 is 0 Å². The number of nitrogens with zero attached hydrogens (tertiary/aromatic N) is 2. The van der Waals surface area contributed by atoms with Crippen LogP contribution in [0.15, 0.2) is 164 Å². The second kappa shape index (κ2) is 13.2. The van der Waals surface area contributed by atoms with Gasteiger partial charge >= 0.3 is 6.85 Å². The number of fused-ring (bicyclic) bond motifs is 9. The van der Waals surface area contributed by atoms with Crippen LogP contribution in [0.3, 0.4) is 0 Å². The summed E-state index contributed by atoms with van der Waals surface area (Å²) in [7, 11) is 0. The number of hydrogen-bond acceptors (Lipinski definition) is 1. The Kier molecular flexibility index (Phi) is 7.75. The van der Waals surface area contributed by atoms with Crippen LogP contribution in [-0.2, 0) is 0 Å². The summed E-state index contributed by atoms with van der Waals surface area (Å²) in [5.74, 6) is 0. The molecule has 3 heteroatoms. The molecule has 9 aromatic carbocycles. The average Bonchev–Trinajstić information content (AvgIpc) is 3.59. The molecule has 0 N–H and O–H groups in total. The van der Waals surface area contributed by atoms with Gasteiger partial charge in [0.25, 0.3) is 0 Å². The second-order valence-electron chi connectivity index (χ2n) is 17.9. The largest absolute Gasteiger partial charge is 0.375 e. The van der Waals surface area contributed by atoms with Gasteiger partial charge in [-0.25, -0.2) is 0 Å². The topological polar surface area (TPSA) is 8.17 Å². The number of benzene rings is 9. The van der Waals surface area contributed by atoms with Crippen molar-refractivity contribution in [3.05, 3.63) is 197 Å². The van der Waals surface area contributed by atoms with Crippen molar-refractivity contribution in [2.45, 2.75) is 41.5 Å². The first-order chi connectivity index (χ1) is 29.7. The zero-order valence-corrected chi connectivity index (χ0v) is 35.6. The lowest BCUT2D eigenvalue weighted by atomic mass is 9.44. The molecular weight excluding hydrogens is 735 g/mol. The first kappa shape index (κ1) is 35.8. The monoisotopic (exact) mass is 780 g/mol. The highest BCUT2D eigenvalue weighted by molar-refractivity contribution is 6.90. The molecule has 0 bridgehead atoms. The molecule has 0 fully saturated rings. The molecule has 0 radical (unpaired) electrons. The third-order valence-electron chi connectivity index (χ3n) is 13.3. The van der Waals surface area contributed by atoms with Crippen molar-refractivity contribution in [1.82, 2.24) is 4.48 Å². The molecule has 0 saturated carbocycles. The van der Waals surface area contributed by atoms with Crippen LogP contribution in [0.25, 0.3) is 77.1 Å². The van der Waals surface area contributed by atoms with Gasteiger partial charge in [-0.3, -0.25) is 0 Å². The molecule has 2 aliphatic rings. The van der Waals surface area contributed by atoms with E-state index in [1.54, 1.807) is 0 Å². The summed E-state index contributed by atoms with van der Waals surface area (Å²) in [6.07, 6.45) is 0. The summed E-state index contributed by atoms with van der Waals surface area (Å²) in [6, 6.07) is 62.8. The Hall–Kier alpha value is -7.10. The van der Waals surface area contributed by atoms with E-state index in [4.69, 9.17) is 0 Å². The molecule has 10 aromatic rings. The highest BCUT2D eigenvalue weighted by Gasteiger charge is 2.43. The summed E-state index contributed by atoms with van der Waals surface area (Å²) in [6.45, 7) is 13.2. The minimum Gasteiger partial charge on any atom is -0.375 e. The van der Waals surface area contributed by atoms with Crippen LogP contribution in [0.2, 0.25) is 0 Å². The Bertz CT molecular complexity index is 3430. The zero-order chi connectivity index (χ0) is 41.3. The summed E-state index contributed by atoms with van der Waals surface area (Å²) in [4.78, 5) is 2.56. The van der Waals surface area contributed by atoms with Crippen LogP contribution >= 0.6 is 0 Å². The highest BCUT2D eigenvalue weighted by Crippen LogP contribution is 2.48. The third-order valence-corrected chi connectivity index (χ3v) is 13.3. The first-order valence-corrected chi connectivity index (χ1v) is 21.6. The average molecular weight is 781 g/mol. The number of para-hydroxylation sites is 1. The van der Waals surface area contributed by atoms with Crippen LogP contribution in [0.1, 0.15) is 33.4 Å². The predicted octanol–water partition coefficient (Wildman–Crippen LogP) is 14.2. The lowest BCUT2D eigenvalue weighted by Gasteiger charge is -2.41. The Morgan fingerprint density at radius 1 is 0.361 bits per heavy atom. The maximum atomic E-state index is 2.72. The van der Waals surface area contributed by atoms with Gasteiger partial charge in [0.05, 0.1) is 0 Å². The zero-order valence-electron chi connectivity index (χ0n) is 35.6. The lowest BCUT2D eigenvalue weighted by molar-refractivity contribution is 1.26. The molecule has 0 saturated heterocycles. The van der Waals surface area contributed by atoms with Crippen LogP contribution in [-0.4, -0.2) is 11.3 Å². The van der Waals surface area contributed by atoms with Gasteiger partial charge < -0.3 is 9.38 Å². The molecule has 0 aliphatic carbocycles. The molecule has 61 heavy (non-hydrogen) atoms. The van der Waals surface area contributed by atoms with Crippen LogP contribution in [0.4, 0.5) is 17.1 Å². The number of anilines is 3. The van der Waals surface area contributed by atoms with Gasteiger partial charge in [0.15, 0.2) is 0 Å². The van der Waals surface area contributed by atoms with E-state index in [9.17, 15) is 0 Å². The molecule has 290 valence electrons. The van der Waals surface area contributed by atoms with E-state index in [2.05, 4.69) is 215 Å². The molecule has 0 spiro atoms. The Morgan fingerprint density at radius 2 is 0.918 bits per heavy atom. The normalized spacial score (nSPS) is 12.7. The van der Waals surface area contributed by atoms with E-state index < -0.39 is 0 Å². The van der Waals surface area contributed by atoms with Crippen molar-refractivity contribution >= 4 is 67.4 Å².